The third-order valence-corrected chi connectivity index (χ3v) is 5.47. The van der Waals surface area contributed by atoms with Gasteiger partial charge in [-0.3, -0.25) is 9.59 Å². The Hall–Kier alpha value is -3.03. The lowest BCUT2D eigenvalue weighted by atomic mass is 9.96. The molecule has 1 atom stereocenters. The van der Waals surface area contributed by atoms with Crippen LogP contribution in [0.1, 0.15) is 56.3 Å². The summed E-state index contributed by atoms with van der Waals surface area (Å²) in [6.45, 7) is 3.96. The number of rotatable bonds is 6. The zero-order valence-corrected chi connectivity index (χ0v) is 16.7. The molecule has 29 heavy (non-hydrogen) atoms. The maximum atomic E-state index is 12.6. The zero-order valence-electron chi connectivity index (χ0n) is 16.7. The van der Waals surface area contributed by atoms with Gasteiger partial charge in [0.15, 0.2) is 11.2 Å². The van der Waals surface area contributed by atoms with E-state index in [9.17, 15) is 9.59 Å². The van der Waals surface area contributed by atoms with E-state index in [2.05, 4.69) is 22.2 Å². The Morgan fingerprint density at radius 1 is 1.28 bits per heavy atom. The van der Waals surface area contributed by atoms with E-state index in [1.807, 2.05) is 35.2 Å². The lowest BCUT2D eigenvalue weighted by Crippen LogP contribution is -2.39. The summed E-state index contributed by atoms with van der Waals surface area (Å²) in [6, 6.07) is 9.89. The lowest BCUT2D eigenvalue weighted by molar-refractivity contribution is -0.132. The first kappa shape index (κ1) is 19.3. The Kier molecular flexibility index (Phi) is 5.69. The van der Waals surface area contributed by atoms with Gasteiger partial charge in [-0.15, -0.1) is 5.10 Å². The van der Waals surface area contributed by atoms with Crippen LogP contribution in [0.4, 0.5) is 0 Å². The Morgan fingerprint density at radius 3 is 2.90 bits per heavy atom. The van der Waals surface area contributed by atoms with Crippen LogP contribution in [0.25, 0.3) is 11.2 Å². The van der Waals surface area contributed by atoms with Gasteiger partial charge in [-0.25, -0.2) is 9.67 Å². The number of piperidine rings is 1. The van der Waals surface area contributed by atoms with Crippen molar-refractivity contribution in [2.24, 2.45) is 0 Å². The molecule has 4 rings (SSSR count). The fraction of sp³-hybridized carbons (Fsp3) is 0.476. The van der Waals surface area contributed by atoms with Crippen LogP contribution in [0, 0.1) is 0 Å². The molecule has 1 amide bonds. The number of carbonyl (C=O) groups excluding carboxylic acids is 1. The molecule has 1 saturated heterocycles. The van der Waals surface area contributed by atoms with Gasteiger partial charge in [0.25, 0.3) is 5.56 Å². The van der Waals surface area contributed by atoms with Crippen molar-refractivity contribution in [3.8, 4) is 0 Å². The summed E-state index contributed by atoms with van der Waals surface area (Å²) < 4.78 is 1.66. The van der Waals surface area contributed by atoms with E-state index in [0.717, 1.165) is 37.8 Å². The van der Waals surface area contributed by atoms with Gasteiger partial charge in [-0.05, 0) is 24.8 Å². The number of nitrogens with one attached hydrogen (secondary N) is 1. The molecule has 0 saturated carbocycles. The second-order valence-electron chi connectivity index (χ2n) is 7.64. The van der Waals surface area contributed by atoms with E-state index >= 15 is 0 Å². The molecule has 2 aromatic heterocycles. The summed E-state index contributed by atoms with van der Waals surface area (Å²) in [5, 5.41) is 8.15. The van der Waals surface area contributed by atoms with E-state index in [0.29, 0.717) is 31.0 Å². The van der Waals surface area contributed by atoms with Gasteiger partial charge >= 0.3 is 0 Å². The molecule has 1 unspecified atom stereocenters. The maximum Gasteiger partial charge on any atom is 0.281 e. The molecule has 152 valence electrons. The van der Waals surface area contributed by atoms with Gasteiger partial charge in [0.1, 0.15) is 5.82 Å². The van der Waals surface area contributed by atoms with Crippen molar-refractivity contribution < 1.29 is 4.79 Å². The molecule has 1 aromatic carbocycles. The fourth-order valence-electron chi connectivity index (χ4n) is 3.85. The number of H-pyrrole nitrogens is 1. The van der Waals surface area contributed by atoms with E-state index in [-0.39, 0.29) is 22.9 Å². The third-order valence-electron chi connectivity index (χ3n) is 5.47. The van der Waals surface area contributed by atoms with Crippen molar-refractivity contribution in [3.05, 3.63) is 52.1 Å². The first-order valence-electron chi connectivity index (χ1n) is 10.3. The molecule has 1 aliphatic rings. The topological polar surface area (TPSA) is 96.8 Å². The first-order valence-corrected chi connectivity index (χ1v) is 10.3. The van der Waals surface area contributed by atoms with Crippen molar-refractivity contribution >= 4 is 17.1 Å². The minimum Gasteiger partial charge on any atom is -0.342 e. The largest absolute Gasteiger partial charge is 0.342 e. The van der Waals surface area contributed by atoms with Gasteiger partial charge in [-0.1, -0.05) is 48.9 Å². The summed E-state index contributed by atoms with van der Waals surface area (Å²) in [6.07, 6.45) is 4.30. The smallest absolute Gasteiger partial charge is 0.281 e. The summed E-state index contributed by atoms with van der Waals surface area (Å²) in [5.74, 6) is 0.828. The number of amides is 1. The SMILES string of the molecule is CCCCC(=O)N1CCCC(c2nc3c(nnn3Cc3ccccc3)c(=O)[nH]2)C1. The molecule has 3 heterocycles. The fourth-order valence-corrected chi connectivity index (χ4v) is 3.85. The number of hydrogen-bond donors (Lipinski definition) is 1. The molecule has 8 nitrogen and oxygen atoms in total. The average Bonchev–Trinajstić information content (AvgIpc) is 3.16. The molecule has 0 spiro atoms. The van der Waals surface area contributed by atoms with Crippen LogP contribution in [0.3, 0.4) is 0 Å². The van der Waals surface area contributed by atoms with Crippen molar-refractivity contribution in [2.75, 3.05) is 13.1 Å². The van der Waals surface area contributed by atoms with Crippen LogP contribution in [-0.2, 0) is 11.3 Å². The minimum atomic E-state index is -0.279. The molecule has 3 aromatic rings. The molecule has 1 aliphatic heterocycles. The van der Waals surface area contributed by atoms with Gasteiger partial charge in [0, 0.05) is 25.4 Å². The number of carbonyl (C=O) groups is 1. The molecule has 1 N–H and O–H groups in total. The lowest BCUT2D eigenvalue weighted by Gasteiger charge is -2.32. The van der Waals surface area contributed by atoms with E-state index in [1.54, 1.807) is 4.68 Å². The van der Waals surface area contributed by atoms with Gasteiger partial charge < -0.3 is 9.88 Å². The third kappa shape index (κ3) is 4.21. The summed E-state index contributed by atoms with van der Waals surface area (Å²) in [5.41, 5.74) is 1.52. The summed E-state index contributed by atoms with van der Waals surface area (Å²) in [4.78, 5) is 34.5. The van der Waals surface area contributed by atoms with Crippen molar-refractivity contribution in [1.82, 2.24) is 29.9 Å². The molecule has 8 heteroatoms. The quantitative estimate of drug-likeness (QED) is 0.693. The van der Waals surface area contributed by atoms with Crippen molar-refractivity contribution in [1.29, 1.82) is 0 Å². The Morgan fingerprint density at radius 2 is 2.10 bits per heavy atom. The van der Waals surface area contributed by atoms with Crippen LogP contribution < -0.4 is 5.56 Å². The van der Waals surface area contributed by atoms with Gasteiger partial charge in [-0.2, -0.15) is 0 Å². The molecule has 1 fully saturated rings. The molecule has 0 bridgehead atoms. The molecule has 0 aliphatic carbocycles. The number of unbranched alkanes of at least 4 members (excludes halogenated alkanes) is 1. The first-order chi connectivity index (χ1) is 14.2. The van der Waals surface area contributed by atoms with Crippen LogP contribution in [0.2, 0.25) is 0 Å². The van der Waals surface area contributed by atoms with Crippen LogP contribution in [0.5, 0.6) is 0 Å². The second-order valence-corrected chi connectivity index (χ2v) is 7.64. The highest BCUT2D eigenvalue weighted by molar-refractivity contribution is 5.76. The summed E-state index contributed by atoms with van der Waals surface area (Å²) >= 11 is 0. The number of hydrogen-bond acceptors (Lipinski definition) is 5. The minimum absolute atomic E-state index is 0.0199. The van der Waals surface area contributed by atoms with E-state index in [1.165, 1.54) is 0 Å². The molecular formula is C21H26N6O2. The number of aromatic nitrogens is 5. The summed E-state index contributed by atoms with van der Waals surface area (Å²) in [7, 11) is 0. The Labute approximate surface area is 168 Å². The molecular weight excluding hydrogens is 368 g/mol. The van der Waals surface area contributed by atoms with Crippen molar-refractivity contribution in [3.63, 3.8) is 0 Å². The number of nitrogens with zero attached hydrogens (tertiary/aromatic N) is 5. The highest BCUT2D eigenvalue weighted by atomic mass is 16.2. The van der Waals surface area contributed by atoms with E-state index in [4.69, 9.17) is 4.98 Å². The number of benzene rings is 1. The second kappa shape index (κ2) is 8.55. The predicted molar refractivity (Wildman–Crippen MR) is 110 cm³/mol. The van der Waals surface area contributed by atoms with Gasteiger partial charge in [0.05, 0.1) is 6.54 Å². The number of fused-ring (bicyclic) bond motifs is 1. The van der Waals surface area contributed by atoms with Crippen LogP contribution in [0.15, 0.2) is 35.1 Å². The highest BCUT2D eigenvalue weighted by Gasteiger charge is 2.27. The number of likely N-dealkylation sites (tertiary alicyclic amines) is 1. The standard InChI is InChI=1S/C21H26N6O2/c1-2-3-11-17(28)26-12-7-10-16(14-26)19-22-20-18(21(29)23-19)24-25-27(20)13-15-8-5-4-6-9-15/h4-6,8-9,16H,2-3,7,10-14H2,1H3,(H,22,23,29). The number of aromatic amines is 1. The normalized spacial score (nSPS) is 17.0. The van der Waals surface area contributed by atoms with Crippen molar-refractivity contribution in [2.45, 2.75) is 51.5 Å². The Bertz CT molecular complexity index is 1040. The average molecular weight is 394 g/mol. The monoisotopic (exact) mass is 394 g/mol. The maximum absolute atomic E-state index is 12.6. The zero-order chi connectivity index (χ0) is 20.2. The highest BCUT2D eigenvalue weighted by Crippen LogP contribution is 2.25. The predicted octanol–water partition coefficient (Wildman–Crippen LogP) is 2.46. The molecule has 0 radical (unpaired) electrons. The Balaban J connectivity index is 1.60. The van der Waals surface area contributed by atoms with Gasteiger partial charge in [0.2, 0.25) is 5.91 Å². The van der Waals surface area contributed by atoms with E-state index < -0.39 is 0 Å². The van der Waals surface area contributed by atoms with Crippen LogP contribution >= 0.6 is 0 Å². The van der Waals surface area contributed by atoms with Crippen LogP contribution in [-0.4, -0.2) is 48.9 Å².